The molecule has 1 atom stereocenters. The smallest absolute Gasteiger partial charge is 0.238 e. The van der Waals surface area contributed by atoms with E-state index in [2.05, 4.69) is 32.0 Å². The van der Waals surface area contributed by atoms with Crippen LogP contribution in [0.4, 0.5) is 5.69 Å². The van der Waals surface area contributed by atoms with Gasteiger partial charge >= 0.3 is 0 Å². The van der Waals surface area contributed by atoms with Crippen LogP contribution in [-0.4, -0.2) is 28.9 Å². The molecule has 20 heavy (non-hydrogen) atoms. The van der Waals surface area contributed by atoms with E-state index in [1.165, 1.54) is 5.56 Å². The first-order chi connectivity index (χ1) is 9.83. The number of aromatic nitrogens is 1. The number of hydrogen-bond acceptors (Lipinski definition) is 4. The number of pyridine rings is 1. The van der Waals surface area contributed by atoms with Gasteiger partial charge in [0.25, 0.3) is 0 Å². The van der Waals surface area contributed by atoms with Crippen molar-refractivity contribution in [3.63, 3.8) is 0 Å². The molecule has 4 nitrogen and oxygen atoms in total. The van der Waals surface area contributed by atoms with Gasteiger partial charge in [0.1, 0.15) is 0 Å². The minimum atomic E-state index is 0.0279. The Bertz CT molecular complexity index is 556. The van der Waals surface area contributed by atoms with Crippen LogP contribution < -0.4 is 5.32 Å². The van der Waals surface area contributed by atoms with Gasteiger partial charge in [-0.3, -0.25) is 14.7 Å². The molecule has 1 fully saturated rings. The van der Waals surface area contributed by atoms with Gasteiger partial charge in [0.05, 0.1) is 18.4 Å². The third kappa shape index (κ3) is 3.05. The second kappa shape index (κ2) is 6.15. The quantitative estimate of drug-likeness (QED) is 0.940. The van der Waals surface area contributed by atoms with Gasteiger partial charge in [0, 0.05) is 12.2 Å². The minimum absolute atomic E-state index is 0.0279. The molecule has 0 saturated carbocycles. The number of likely N-dealkylation sites (tertiary alicyclic amines) is 1. The lowest BCUT2D eigenvalue weighted by molar-refractivity contribution is -0.117. The second-order valence-corrected chi connectivity index (χ2v) is 5.76. The lowest BCUT2D eigenvalue weighted by Gasteiger charge is -2.23. The number of carbonyl (C=O) groups is 1. The largest absolute Gasteiger partial charge is 0.324 e. The number of carbonyl (C=O) groups excluding carboxylic acids is 1. The van der Waals surface area contributed by atoms with E-state index in [0.29, 0.717) is 12.6 Å². The third-order valence-corrected chi connectivity index (χ3v) is 4.29. The molecular weight excluding hydrogens is 270 g/mol. The number of nitrogens with zero attached hydrogens (tertiary/aromatic N) is 2. The summed E-state index contributed by atoms with van der Waals surface area (Å²) >= 11 is 1.71. The van der Waals surface area contributed by atoms with Gasteiger partial charge in [-0.05, 0) is 53.9 Å². The summed E-state index contributed by atoms with van der Waals surface area (Å²) in [6.45, 7) is 1.43. The highest BCUT2D eigenvalue weighted by atomic mass is 32.1. The van der Waals surface area contributed by atoms with Crippen molar-refractivity contribution in [3.8, 4) is 0 Å². The molecular formula is C15H17N3OS. The number of thiophene rings is 1. The molecule has 0 spiro atoms. The Morgan fingerprint density at radius 2 is 2.45 bits per heavy atom. The first kappa shape index (κ1) is 13.3. The van der Waals surface area contributed by atoms with Crippen LogP contribution in [0.3, 0.4) is 0 Å². The van der Waals surface area contributed by atoms with E-state index in [4.69, 9.17) is 0 Å². The van der Waals surface area contributed by atoms with Gasteiger partial charge in [-0.1, -0.05) is 0 Å². The number of anilines is 1. The maximum atomic E-state index is 12.1. The Kier molecular flexibility index (Phi) is 4.08. The van der Waals surface area contributed by atoms with Crippen molar-refractivity contribution in [2.24, 2.45) is 0 Å². The van der Waals surface area contributed by atoms with E-state index in [0.717, 1.165) is 25.1 Å². The zero-order valence-corrected chi connectivity index (χ0v) is 12.0. The fourth-order valence-electron chi connectivity index (χ4n) is 2.68. The van der Waals surface area contributed by atoms with Gasteiger partial charge in [-0.25, -0.2) is 0 Å². The molecule has 1 unspecified atom stereocenters. The van der Waals surface area contributed by atoms with Crippen LogP contribution in [0.25, 0.3) is 0 Å². The third-order valence-electron chi connectivity index (χ3n) is 3.58. The standard InChI is InChI=1S/C15H17N3OS/c19-15(17-13-3-1-6-16-9-13)10-18-7-2-4-14(18)12-5-8-20-11-12/h1,3,5-6,8-9,11,14H,2,4,7,10H2,(H,17,19). The van der Waals surface area contributed by atoms with E-state index in [-0.39, 0.29) is 5.91 Å². The fraction of sp³-hybridized carbons (Fsp3) is 0.333. The molecule has 0 aromatic carbocycles. The van der Waals surface area contributed by atoms with Crippen molar-refractivity contribution < 1.29 is 4.79 Å². The average Bonchev–Trinajstić information content (AvgIpc) is 3.10. The average molecular weight is 287 g/mol. The summed E-state index contributed by atoms with van der Waals surface area (Å²) in [6, 6.07) is 6.22. The highest BCUT2D eigenvalue weighted by molar-refractivity contribution is 7.07. The Hall–Kier alpha value is -1.72. The molecule has 2 aromatic heterocycles. The lowest BCUT2D eigenvalue weighted by atomic mass is 10.1. The minimum Gasteiger partial charge on any atom is -0.324 e. The monoisotopic (exact) mass is 287 g/mol. The van der Waals surface area contributed by atoms with E-state index >= 15 is 0 Å². The van der Waals surface area contributed by atoms with E-state index in [1.807, 2.05) is 12.1 Å². The molecule has 2 aromatic rings. The summed E-state index contributed by atoms with van der Waals surface area (Å²) in [4.78, 5) is 18.4. The van der Waals surface area contributed by atoms with Crippen LogP contribution >= 0.6 is 11.3 Å². The number of rotatable bonds is 4. The van der Waals surface area contributed by atoms with Crippen molar-refractivity contribution in [2.75, 3.05) is 18.4 Å². The molecule has 104 valence electrons. The molecule has 1 amide bonds. The van der Waals surface area contributed by atoms with Crippen molar-refractivity contribution in [2.45, 2.75) is 18.9 Å². The highest BCUT2D eigenvalue weighted by Gasteiger charge is 2.27. The van der Waals surface area contributed by atoms with E-state index in [9.17, 15) is 4.79 Å². The summed E-state index contributed by atoms with van der Waals surface area (Å²) in [5.74, 6) is 0.0279. The molecule has 1 aliphatic heterocycles. The van der Waals surface area contributed by atoms with Gasteiger partial charge in [-0.2, -0.15) is 11.3 Å². The molecule has 0 aliphatic carbocycles. The molecule has 3 rings (SSSR count). The Labute approximate surface area is 122 Å². The van der Waals surface area contributed by atoms with Crippen LogP contribution in [0.2, 0.25) is 0 Å². The Morgan fingerprint density at radius 3 is 3.20 bits per heavy atom. The van der Waals surface area contributed by atoms with E-state index < -0.39 is 0 Å². The summed E-state index contributed by atoms with van der Waals surface area (Å²) in [5, 5.41) is 7.18. The Morgan fingerprint density at radius 1 is 1.50 bits per heavy atom. The molecule has 1 N–H and O–H groups in total. The molecule has 1 aliphatic rings. The van der Waals surface area contributed by atoms with E-state index in [1.54, 1.807) is 23.7 Å². The topological polar surface area (TPSA) is 45.2 Å². The summed E-state index contributed by atoms with van der Waals surface area (Å²) in [5.41, 5.74) is 2.09. The first-order valence-corrected chi connectivity index (χ1v) is 7.73. The normalized spacial score (nSPS) is 19.1. The first-order valence-electron chi connectivity index (χ1n) is 6.79. The van der Waals surface area contributed by atoms with Gasteiger partial charge in [0.15, 0.2) is 0 Å². The zero-order valence-electron chi connectivity index (χ0n) is 11.2. The molecule has 3 heterocycles. The lowest BCUT2D eigenvalue weighted by Crippen LogP contribution is -2.32. The predicted molar refractivity (Wildman–Crippen MR) is 80.7 cm³/mol. The fourth-order valence-corrected chi connectivity index (χ4v) is 3.39. The summed E-state index contributed by atoms with van der Waals surface area (Å²) in [6.07, 6.45) is 5.65. The van der Waals surface area contributed by atoms with Crippen molar-refractivity contribution in [3.05, 3.63) is 46.9 Å². The maximum absolute atomic E-state index is 12.1. The predicted octanol–water partition coefficient (Wildman–Crippen LogP) is 2.92. The zero-order chi connectivity index (χ0) is 13.8. The maximum Gasteiger partial charge on any atom is 0.238 e. The van der Waals surface area contributed by atoms with Crippen molar-refractivity contribution in [1.82, 2.24) is 9.88 Å². The van der Waals surface area contributed by atoms with Gasteiger partial charge in [-0.15, -0.1) is 0 Å². The van der Waals surface area contributed by atoms with Crippen LogP contribution in [0.5, 0.6) is 0 Å². The van der Waals surface area contributed by atoms with Gasteiger partial charge < -0.3 is 5.32 Å². The number of amides is 1. The van der Waals surface area contributed by atoms with Crippen LogP contribution in [0.1, 0.15) is 24.4 Å². The number of nitrogens with one attached hydrogen (secondary N) is 1. The van der Waals surface area contributed by atoms with Crippen LogP contribution in [0, 0.1) is 0 Å². The van der Waals surface area contributed by atoms with Crippen molar-refractivity contribution >= 4 is 22.9 Å². The SMILES string of the molecule is O=C(CN1CCCC1c1ccsc1)Nc1cccnc1. The summed E-state index contributed by atoms with van der Waals surface area (Å²) in [7, 11) is 0. The number of hydrogen-bond donors (Lipinski definition) is 1. The summed E-state index contributed by atoms with van der Waals surface area (Å²) < 4.78 is 0. The highest BCUT2D eigenvalue weighted by Crippen LogP contribution is 2.32. The van der Waals surface area contributed by atoms with Crippen molar-refractivity contribution in [1.29, 1.82) is 0 Å². The molecule has 5 heteroatoms. The van der Waals surface area contributed by atoms with Crippen LogP contribution in [-0.2, 0) is 4.79 Å². The Balaban J connectivity index is 1.61. The van der Waals surface area contributed by atoms with Gasteiger partial charge in [0.2, 0.25) is 5.91 Å². The molecule has 0 radical (unpaired) electrons. The second-order valence-electron chi connectivity index (χ2n) is 4.98. The molecule has 1 saturated heterocycles. The molecule has 0 bridgehead atoms. The van der Waals surface area contributed by atoms with Crippen LogP contribution in [0.15, 0.2) is 41.4 Å².